The van der Waals surface area contributed by atoms with Crippen molar-refractivity contribution in [3.05, 3.63) is 64.8 Å². The highest BCUT2D eigenvalue weighted by Crippen LogP contribution is 2.45. The third-order valence-electron chi connectivity index (χ3n) is 5.67. The van der Waals surface area contributed by atoms with Crippen molar-refractivity contribution in [2.24, 2.45) is 0 Å². The fourth-order valence-corrected chi connectivity index (χ4v) is 4.13. The Balaban J connectivity index is 1.72. The van der Waals surface area contributed by atoms with Gasteiger partial charge in [-0.25, -0.2) is 18.6 Å². The maximum atomic E-state index is 15.4. The Morgan fingerprint density at radius 1 is 1.14 bits per heavy atom. The molecule has 0 bridgehead atoms. The van der Waals surface area contributed by atoms with E-state index in [1.165, 1.54) is 25.4 Å². The lowest BCUT2D eigenvalue weighted by atomic mass is 10.0. The Morgan fingerprint density at radius 2 is 1.86 bits per heavy atom. The number of nitriles is 1. The molecule has 0 saturated heterocycles. The van der Waals surface area contributed by atoms with E-state index in [9.17, 15) is 14.9 Å². The van der Waals surface area contributed by atoms with Crippen LogP contribution in [0.15, 0.2) is 42.6 Å². The number of pyridine rings is 1. The molecule has 12 heteroatoms. The van der Waals surface area contributed by atoms with E-state index in [0.717, 1.165) is 21.9 Å². The fraction of sp³-hybridized carbons (Fsp3) is 0.200. The number of carboxylic acids is 1. The Morgan fingerprint density at radius 3 is 2.54 bits per heavy atom. The molecule has 3 aromatic rings. The third-order valence-corrected chi connectivity index (χ3v) is 5.88. The number of carbonyl (C=O) groups is 2. The molecular formula is C25H21ClF2N6O3. The summed E-state index contributed by atoms with van der Waals surface area (Å²) in [5.74, 6) is -2.71. The number of aliphatic carboxylic acids is 1. The lowest BCUT2D eigenvalue weighted by Gasteiger charge is -2.27. The first kappa shape index (κ1) is 25.8. The number of rotatable bonds is 8. The van der Waals surface area contributed by atoms with Gasteiger partial charge in [0, 0.05) is 49.7 Å². The molecule has 1 aliphatic heterocycles. The van der Waals surface area contributed by atoms with E-state index in [4.69, 9.17) is 16.7 Å². The first-order valence-corrected chi connectivity index (χ1v) is 11.5. The largest absolute Gasteiger partial charge is 0.481 e. The standard InChI is InChI=1S/C25H21ClF2N6O3/c1-33-24-18(9-15(26)13-32-24)17-3-2-14(12-29)8-21(17)34(25(33)37)23-19(27)10-16(11-20(23)28)31-7-6-30-5-4-22(35)36/h2-3,8-11,13,30-31H,4-7H2,1H3,(H,35,36). The number of aromatic nitrogens is 1. The number of nitrogens with zero attached hydrogens (tertiary/aromatic N) is 4. The fourth-order valence-electron chi connectivity index (χ4n) is 3.97. The molecule has 2 heterocycles. The van der Waals surface area contributed by atoms with Gasteiger partial charge in [0.05, 0.1) is 28.8 Å². The second kappa shape index (κ2) is 10.8. The van der Waals surface area contributed by atoms with E-state index in [1.54, 1.807) is 12.1 Å². The molecule has 0 fully saturated rings. The maximum absolute atomic E-state index is 15.4. The summed E-state index contributed by atoms with van der Waals surface area (Å²) in [5, 5.41) is 24.2. The summed E-state index contributed by atoms with van der Waals surface area (Å²) in [6.07, 6.45) is 1.32. The Kier molecular flexibility index (Phi) is 7.52. The maximum Gasteiger partial charge on any atom is 0.334 e. The number of anilines is 4. The van der Waals surface area contributed by atoms with Gasteiger partial charge >= 0.3 is 12.0 Å². The van der Waals surface area contributed by atoms with Crippen LogP contribution in [0.2, 0.25) is 5.02 Å². The van der Waals surface area contributed by atoms with E-state index in [0.29, 0.717) is 22.7 Å². The van der Waals surface area contributed by atoms with Crippen LogP contribution in [0, 0.1) is 23.0 Å². The number of benzene rings is 2. The Hall–Kier alpha value is -4.27. The molecule has 3 N–H and O–H groups in total. The van der Waals surface area contributed by atoms with Crippen molar-refractivity contribution in [3.63, 3.8) is 0 Å². The van der Waals surface area contributed by atoms with Gasteiger partial charge in [0.15, 0.2) is 11.6 Å². The van der Waals surface area contributed by atoms with E-state index in [2.05, 4.69) is 15.6 Å². The molecule has 0 unspecified atom stereocenters. The molecule has 0 spiro atoms. The molecule has 1 aliphatic rings. The molecule has 9 nitrogen and oxygen atoms in total. The highest BCUT2D eigenvalue weighted by atomic mass is 35.5. The van der Waals surface area contributed by atoms with Gasteiger partial charge in [-0.3, -0.25) is 14.6 Å². The minimum Gasteiger partial charge on any atom is -0.481 e. The molecule has 0 aliphatic carbocycles. The number of fused-ring (bicyclic) bond motifs is 3. The van der Waals surface area contributed by atoms with Crippen molar-refractivity contribution in [2.75, 3.05) is 41.8 Å². The lowest BCUT2D eigenvalue weighted by Crippen LogP contribution is -2.39. The summed E-state index contributed by atoms with van der Waals surface area (Å²) < 4.78 is 30.9. The van der Waals surface area contributed by atoms with Crippen LogP contribution in [0.1, 0.15) is 12.0 Å². The van der Waals surface area contributed by atoms with Gasteiger partial charge in [-0.2, -0.15) is 5.26 Å². The highest BCUT2D eigenvalue weighted by molar-refractivity contribution is 6.31. The predicted octanol–water partition coefficient (Wildman–Crippen LogP) is 4.74. The highest BCUT2D eigenvalue weighted by Gasteiger charge is 2.35. The first-order valence-electron chi connectivity index (χ1n) is 11.1. The number of carboxylic acid groups (broad SMARTS) is 1. The van der Waals surface area contributed by atoms with Crippen LogP contribution in [-0.4, -0.2) is 48.8 Å². The van der Waals surface area contributed by atoms with Crippen LogP contribution in [0.5, 0.6) is 0 Å². The van der Waals surface area contributed by atoms with Gasteiger partial charge in [-0.1, -0.05) is 17.7 Å². The van der Waals surface area contributed by atoms with Crippen molar-refractivity contribution in [1.29, 1.82) is 5.26 Å². The van der Waals surface area contributed by atoms with Gasteiger partial charge in [0.2, 0.25) is 0 Å². The summed E-state index contributed by atoms with van der Waals surface area (Å²) in [4.78, 5) is 30.4. The van der Waals surface area contributed by atoms with Crippen molar-refractivity contribution in [2.45, 2.75) is 6.42 Å². The second-order valence-corrected chi connectivity index (χ2v) is 8.59. The number of urea groups is 1. The van der Waals surface area contributed by atoms with Crippen molar-refractivity contribution < 1.29 is 23.5 Å². The van der Waals surface area contributed by atoms with E-state index >= 15 is 8.78 Å². The minimum absolute atomic E-state index is 0.0448. The van der Waals surface area contributed by atoms with Crippen molar-refractivity contribution in [3.8, 4) is 17.2 Å². The number of carbonyl (C=O) groups excluding carboxylic acids is 1. The zero-order chi connectivity index (χ0) is 26.7. The van der Waals surface area contributed by atoms with Crippen LogP contribution >= 0.6 is 11.6 Å². The molecule has 2 aromatic carbocycles. The average molecular weight is 527 g/mol. The molecule has 37 heavy (non-hydrogen) atoms. The number of amides is 2. The van der Waals surface area contributed by atoms with E-state index in [-0.39, 0.29) is 42.3 Å². The monoisotopic (exact) mass is 526 g/mol. The van der Waals surface area contributed by atoms with Gasteiger partial charge in [-0.05, 0) is 30.3 Å². The van der Waals surface area contributed by atoms with Crippen LogP contribution in [0.3, 0.4) is 0 Å². The topological polar surface area (TPSA) is 122 Å². The molecule has 4 rings (SSSR count). The Labute approximate surface area is 215 Å². The molecule has 0 saturated carbocycles. The van der Waals surface area contributed by atoms with E-state index < -0.39 is 29.3 Å². The molecule has 2 amide bonds. The molecule has 0 atom stereocenters. The zero-order valence-corrected chi connectivity index (χ0v) is 20.3. The second-order valence-electron chi connectivity index (χ2n) is 8.15. The molecule has 0 radical (unpaired) electrons. The number of hydrogen-bond acceptors (Lipinski definition) is 6. The van der Waals surface area contributed by atoms with Gasteiger partial charge < -0.3 is 15.7 Å². The van der Waals surface area contributed by atoms with E-state index in [1.807, 2.05) is 6.07 Å². The number of nitrogens with one attached hydrogen (secondary N) is 2. The van der Waals surface area contributed by atoms with Gasteiger partial charge in [0.25, 0.3) is 0 Å². The molecule has 190 valence electrons. The van der Waals surface area contributed by atoms with Crippen LogP contribution < -0.4 is 20.4 Å². The lowest BCUT2D eigenvalue weighted by molar-refractivity contribution is -0.136. The zero-order valence-electron chi connectivity index (χ0n) is 19.6. The average Bonchev–Trinajstić information content (AvgIpc) is 2.94. The van der Waals surface area contributed by atoms with Crippen LogP contribution in [0.25, 0.3) is 11.1 Å². The van der Waals surface area contributed by atoms with Crippen LogP contribution in [0.4, 0.5) is 36.5 Å². The quantitative estimate of drug-likeness (QED) is 0.362. The molecular weight excluding hydrogens is 506 g/mol. The number of hydrogen-bond donors (Lipinski definition) is 3. The van der Waals surface area contributed by atoms with Crippen molar-refractivity contribution in [1.82, 2.24) is 10.3 Å². The van der Waals surface area contributed by atoms with Crippen molar-refractivity contribution >= 4 is 46.5 Å². The smallest absolute Gasteiger partial charge is 0.334 e. The third kappa shape index (κ3) is 5.30. The SMILES string of the molecule is CN1C(=O)N(c2c(F)cc(NCCNCCC(=O)O)cc2F)c2cc(C#N)ccc2-c2cc(Cl)cnc21. The summed E-state index contributed by atoms with van der Waals surface area (Å²) >= 11 is 6.15. The number of halogens is 3. The normalized spacial score (nSPS) is 12.5. The minimum atomic E-state index is -1.01. The molecule has 1 aromatic heterocycles. The Bertz CT molecular complexity index is 1410. The van der Waals surface area contributed by atoms with Crippen LogP contribution in [-0.2, 0) is 4.79 Å². The summed E-state index contributed by atoms with van der Waals surface area (Å²) in [7, 11) is 1.43. The van der Waals surface area contributed by atoms with Gasteiger partial charge in [-0.15, -0.1) is 0 Å². The summed E-state index contributed by atoms with van der Waals surface area (Å²) in [6, 6.07) is 9.39. The summed E-state index contributed by atoms with van der Waals surface area (Å²) in [6.45, 7) is 0.904. The van der Waals surface area contributed by atoms with Gasteiger partial charge in [0.1, 0.15) is 11.5 Å². The first-order chi connectivity index (χ1) is 17.7. The summed E-state index contributed by atoms with van der Waals surface area (Å²) in [5.41, 5.74) is 0.677. The predicted molar refractivity (Wildman–Crippen MR) is 135 cm³/mol.